The minimum atomic E-state index is 0.793. The molecule has 2 fully saturated rings. The number of nitrogens with zero attached hydrogens (tertiary/aromatic N) is 1. The Bertz CT molecular complexity index is 203. The summed E-state index contributed by atoms with van der Waals surface area (Å²) in [4.78, 5) is 2.78. The van der Waals surface area contributed by atoms with E-state index < -0.39 is 0 Å². The van der Waals surface area contributed by atoms with Crippen LogP contribution in [0.1, 0.15) is 52.4 Å². The van der Waals surface area contributed by atoms with Crippen molar-refractivity contribution in [3.05, 3.63) is 0 Å². The van der Waals surface area contributed by atoms with Gasteiger partial charge in [-0.3, -0.25) is 0 Å². The smallest absolute Gasteiger partial charge is 0.0110 e. The first-order valence-electron chi connectivity index (χ1n) is 7.27. The molecule has 2 nitrogen and oxygen atoms in total. The summed E-state index contributed by atoms with van der Waals surface area (Å²) in [5, 5.41) is 3.64. The van der Waals surface area contributed by atoms with Gasteiger partial charge >= 0.3 is 0 Å². The van der Waals surface area contributed by atoms with Gasteiger partial charge in [0.25, 0.3) is 0 Å². The zero-order valence-electron chi connectivity index (χ0n) is 11.0. The molecule has 0 aromatic rings. The maximum absolute atomic E-state index is 3.64. The van der Waals surface area contributed by atoms with Crippen LogP contribution >= 0.6 is 0 Å². The Morgan fingerprint density at radius 3 is 2.81 bits per heavy atom. The third-order valence-corrected chi connectivity index (χ3v) is 4.34. The van der Waals surface area contributed by atoms with Gasteiger partial charge < -0.3 is 10.2 Å². The first-order valence-corrected chi connectivity index (χ1v) is 7.27. The van der Waals surface area contributed by atoms with E-state index in [0.717, 1.165) is 24.5 Å². The van der Waals surface area contributed by atoms with E-state index in [4.69, 9.17) is 0 Å². The van der Waals surface area contributed by atoms with Crippen LogP contribution in [0.3, 0.4) is 0 Å². The molecular weight excluding hydrogens is 196 g/mol. The fraction of sp³-hybridized carbons (Fsp3) is 1.00. The number of likely N-dealkylation sites (tertiary alicyclic amines) is 1. The van der Waals surface area contributed by atoms with Crippen LogP contribution in [0.15, 0.2) is 0 Å². The van der Waals surface area contributed by atoms with Crippen LogP contribution in [0, 0.1) is 5.92 Å². The lowest BCUT2D eigenvalue weighted by Crippen LogP contribution is -2.47. The zero-order valence-corrected chi connectivity index (χ0v) is 11.0. The number of hydrogen-bond acceptors (Lipinski definition) is 2. The topological polar surface area (TPSA) is 15.3 Å². The van der Waals surface area contributed by atoms with Crippen molar-refractivity contribution in [3.63, 3.8) is 0 Å². The minimum absolute atomic E-state index is 0.793. The SMILES string of the molecule is CCNC1CCCC(N2CCCC(C)C2)C1. The van der Waals surface area contributed by atoms with Gasteiger partial charge in [-0.2, -0.15) is 0 Å². The highest BCUT2D eigenvalue weighted by atomic mass is 15.2. The second kappa shape index (κ2) is 6.02. The standard InChI is InChI=1S/C14H28N2/c1-3-15-13-7-4-8-14(10-13)16-9-5-6-12(2)11-16/h12-15H,3-11H2,1-2H3. The van der Waals surface area contributed by atoms with Crippen molar-refractivity contribution in [2.24, 2.45) is 5.92 Å². The van der Waals surface area contributed by atoms with E-state index >= 15 is 0 Å². The van der Waals surface area contributed by atoms with Gasteiger partial charge in [-0.1, -0.05) is 20.3 Å². The molecule has 0 radical (unpaired) electrons. The average Bonchev–Trinajstić information content (AvgIpc) is 2.30. The van der Waals surface area contributed by atoms with Gasteiger partial charge in [0.15, 0.2) is 0 Å². The average molecular weight is 224 g/mol. The van der Waals surface area contributed by atoms with Crippen molar-refractivity contribution in [2.75, 3.05) is 19.6 Å². The summed E-state index contributed by atoms with van der Waals surface area (Å²) < 4.78 is 0. The van der Waals surface area contributed by atoms with Crippen LogP contribution in [0.25, 0.3) is 0 Å². The lowest BCUT2D eigenvalue weighted by atomic mass is 9.88. The first kappa shape index (κ1) is 12.4. The molecule has 2 heteroatoms. The summed E-state index contributed by atoms with van der Waals surface area (Å²) in [6.07, 6.45) is 8.51. The number of hydrogen-bond donors (Lipinski definition) is 1. The van der Waals surface area contributed by atoms with Gasteiger partial charge in [0.1, 0.15) is 0 Å². The molecule has 94 valence electrons. The van der Waals surface area contributed by atoms with Crippen LogP contribution < -0.4 is 5.32 Å². The molecule has 2 rings (SSSR count). The molecule has 1 N–H and O–H groups in total. The Hall–Kier alpha value is -0.0800. The predicted molar refractivity (Wildman–Crippen MR) is 69.7 cm³/mol. The van der Waals surface area contributed by atoms with Gasteiger partial charge in [0, 0.05) is 18.6 Å². The van der Waals surface area contributed by atoms with Crippen molar-refractivity contribution in [1.29, 1.82) is 0 Å². The van der Waals surface area contributed by atoms with Crippen LogP contribution in [-0.4, -0.2) is 36.6 Å². The fourth-order valence-electron chi connectivity index (χ4n) is 3.53. The molecule has 1 heterocycles. The maximum atomic E-state index is 3.64. The Labute approximate surface area is 101 Å². The summed E-state index contributed by atoms with van der Waals surface area (Å²) in [5.74, 6) is 0.924. The number of rotatable bonds is 3. The summed E-state index contributed by atoms with van der Waals surface area (Å²) >= 11 is 0. The molecule has 1 aliphatic carbocycles. The molecule has 1 aliphatic heterocycles. The highest BCUT2D eigenvalue weighted by molar-refractivity contribution is 4.85. The van der Waals surface area contributed by atoms with Gasteiger partial charge in [-0.25, -0.2) is 0 Å². The molecule has 16 heavy (non-hydrogen) atoms. The monoisotopic (exact) mass is 224 g/mol. The fourth-order valence-corrected chi connectivity index (χ4v) is 3.53. The molecule has 0 aromatic heterocycles. The largest absolute Gasteiger partial charge is 0.314 e. The molecule has 0 spiro atoms. The highest BCUT2D eigenvalue weighted by Crippen LogP contribution is 2.27. The molecule has 1 saturated heterocycles. The quantitative estimate of drug-likeness (QED) is 0.793. The lowest BCUT2D eigenvalue weighted by Gasteiger charge is -2.41. The van der Waals surface area contributed by atoms with Crippen molar-refractivity contribution >= 4 is 0 Å². The van der Waals surface area contributed by atoms with Crippen LogP contribution in [0.2, 0.25) is 0 Å². The summed E-state index contributed by atoms with van der Waals surface area (Å²) in [7, 11) is 0. The van der Waals surface area contributed by atoms with Crippen LogP contribution in [0.4, 0.5) is 0 Å². The third-order valence-electron chi connectivity index (χ3n) is 4.34. The maximum Gasteiger partial charge on any atom is 0.0110 e. The van der Waals surface area contributed by atoms with Crippen LogP contribution in [0.5, 0.6) is 0 Å². The van der Waals surface area contributed by atoms with E-state index in [0.29, 0.717) is 0 Å². The Kier molecular flexibility index (Phi) is 4.66. The molecule has 2 aliphatic rings. The summed E-state index contributed by atoms with van der Waals surface area (Å²) in [6, 6.07) is 1.67. The Morgan fingerprint density at radius 2 is 2.06 bits per heavy atom. The van der Waals surface area contributed by atoms with Gasteiger partial charge in [0.05, 0.1) is 0 Å². The third kappa shape index (κ3) is 3.21. The summed E-state index contributed by atoms with van der Waals surface area (Å²) in [6.45, 7) is 8.48. The number of nitrogens with one attached hydrogen (secondary N) is 1. The van der Waals surface area contributed by atoms with Gasteiger partial charge in [0.2, 0.25) is 0 Å². The van der Waals surface area contributed by atoms with E-state index in [2.05, 4.69) is 24.1 Å². The Balaban J connectivity index is 1.83. The lowest BCUT2D eigenvalue weighted by molar-refractivity contribution is 0.0938. The molecular formula is C14H28N2. The van der Waals surface area contributed by atoms with E-state index in [1.807, 2.05) is 0 Å². The van der Waals surface area contributed by atoms with Gasteiger partial charge in [-0.15, -0.1) is 0 Å². The highest BCUT2D eigenvalue weighted by Gasteiger charge is 2.28. The Morgan fingerprint density at radius 1 is 1.19 bits per heavy atom. The second-order valence-electron chi connectivity index (χ2n) is 5.82. The van der Waals surface area contributed by atoms with E-state index in [-0.39, 0.29) is 0 Å². The normalized spacial score (nSPS) is 37.5. The molecule has 0 amide bonds. The van der Waals surface area contributed by atoms with E-state index in [1.165, 1.54) is 51.6 Å². The second-order valence-corrected chi connectivity index (χ2v) is 5.82. The predicted octanol–water partition coefficient (Wildman–Crippen LogP) is 2.64. The minimum Gasteiger partial charge on any atom is -0.314 e. The van der Waals surface area contributed by atoms with Crippen molar-refractivity contribution in [3.8, 4) is 0 Å². The van der Waals surface area contributed by atoms with Crippen LogP contribution in [-0.2, 0) is 0 Å². The molecule has 1 saturated carbocycles. The number of piperidine rings is 1. The van der Waals surface area contributed by atoms with Crippen molar-refractivity contribution in [1.82, 2.24) is 10.2 Å². The van der Waals surface area contributed by atoms with Crippen molar-refractivity contribution in [2.45, 2.75) is 64.5 Å². The van der Waals surface area contributed by atoms with Gasteiger partial charge in [-0.05, 0) is 51.1 Å². The first-order chi connectivity index (χ1) is 7.79. The molecule has 0 bridgehead atoms. The molecule has 0 aromatic carbocycles. The molecule has 3 unspecified atom stereocenters. The zero-order chi connectivity index (χ0) is 11.4. The molecule has 3 atom stereocenters. The van der Waals surface area contributed by atoms with E-state index in [9.17, 15) is 0 Å². The van der Waals surface area contributed by atoms with Crippen molar-refractivity contribution < 1.29 is 0 Å². The summed E-state index contributed by atoms with van der Waals surface area (Å²) in [5.41, 5.74) is 0. The van der Waals surface area contributed by atoms with E-state index in [1.54, 1.807) is 0 Å².